The molecule has 0 aliphatic carbocycles. The molecule has 114 valence electrons. The van der Waals surface area contributed by atoms with Gasteiger partial charge in [-0.25, -0.2) is 4.79 Å². The van der Waals surface area contributed by atoms with E-state index >= 15 is 0 Å². The van der Waals surface area contributed by atoms with Gasteiger partial charge in [0.15, 0.2) is 0 Å². The minimum Gasteiger partial charge on any atom is -0.355 e. The van der Waals surface area contributed by atoms with Crippen molar-refractivity contribution in [1.29, 1.82) is 0 Å². The summed E-state index contributed by atoms with van der Waals surface area (Å²) in [5.41, 5.74) is 0. The topological polar surface area (TPSA) is 64.7 Å². The minimum absolute atomic E-state index is 0.0569. The lowest BCUT2D eigenvalue weighted by atomic mass is 10.0. The Morgan fingerprint density at radius 1 is 1.25 bits per heavy atom. The van der Waals surface area contributed by atoms with Crippen molar-refractivity contribution < 1.29 is 9.59 Å². The summed E-state index contributed by atoms with van der Waals surface area (Å²) >= 11 is 0. The highest BCUT2D eigenvalue weighted by atomic mass is 16.2. The molecule has 0 spiro atoms. The second kappa shape index (κ2) is 6.92. The molecule has 0 radical (unpaired) electrons. The molecule has 0 saturated carbocycles. The predicted molar refractivity (Wildman–Crippen MR) is 77.5 cm³/mol. The summed E-state index contributed by atoms with van der Waals surface area (Å²) in [7, 11) is 3.56. The van der Waals surface area contributed by atoms with Gasteiger partial charge in [-0.2, -0.15) is 0 Å². The maximum Gasteiger partial charge on any atom is 0.319 e. The predicted octanol–water partition coefficient (Wildman–Crippen LogP) is 0.391. The molecule has 3 amide bonds. The zero-order chi connectivity index (χ0) is 14.5. The van der Waals surface area contributed by atoms with Crippen LogP contribution in [0.25, 0.3) is 0 Å². The first kappa shape index (κ1) is 15.1. The number of carbonyl (C=O) groups excluding carboxylic acids is 2. The molecule has 0 aromatic heterocycles. The molecule has 2 rings (SSSR count). The highest BCUT2D eigenvalue weighted by Gasteiger charge is 2.28. The van der Waals surface area contributed by atoms with E-state index in [4.69, 9.17) is 0 Å². The summed E-state index contributed by atoms with van der Waals surface area (Å²) in [6.45, 7) is 2.33. The number of carbonyl (C=O) groups is 2. The molecule has 6 nitrogen and oxygen atoms in total. The lowest BCUT2D eigenvalue weighted by Crippen LogP contribution is -2.52. The average Bonchev–Trinajstić information content (AvgIpc) is 2.64. The molecule has 0 aromatic rings. The lowest BCUT2D eigenvalue weighted by molar-refractivity contribution is -0.123. The van der Waals surface area contributed by atoms with E-state index in [-0.39, 0.29) is 18.0 Å². The van der Waals surface area contributed by atoms with Crippen LogP contribution in [0.1, 0.15) is 32.1 Å². The fourth-order valence-electron chi connectivity index (χ4n) is 2.90. The summed E-state index contributed by atoms with van der Waals surface area (Å²) in [6.07, 6.45) is 4.92. The fourth-order valence-corrected chi connectivity index (χ4v) is 2.90. The summed E-state index contributed by atoms with van der Waals surface area (Å²) in [6, 6.07) is 0.365. The number of amides is 3. The van der Waals surface area contributed by atoms with Gasteiger partial charge in [0, 0.05) is 39.8 Å². The average molecular weight is 282 g/mol. The number of nitrogens with zero attached hydrogens (tertiary/aromatic N) is 2. The molecule has 2 N–H and O–H groups in total. The van der Waals surface area contributed by atoms with Crippen LogP contribution in [0, 0.1) is 0 Å². The van der Waals surface area contributed by atoms with Gasteiger partial charge < -0.3 is 20.4 Å². The number of hydrogen-bond donors (Lipinski definition) is 2. The minimum atomic E-state index is -0.0569. The molecule has 6 heteroatoms. The van der Waals surface area contributed by atoms with Crippen molar-refractivity contribution in [2.75, 3.05) is 33.7 Å². The molecule has 2 aliphatic heterocycles. The molecular formula is C14H26N4O2. The highest BCUT2D eigenvalue weighted by molar-refractivity contribution is 5.82. The van der Waals surface area contributed by atoms with Crippen LogP contribution in [0.15, 0.2) is 0 Å². The molecule has 1 atom stereocenters. The third-order valence-electron chi connectivity index (χ3n) is 4.12. The van der Waals surface area contributed by atoms with Gasteiger partial charge in [0.05, 0.1) is 6.04 Å². The first-order chi connectivity index (χ1) is 9.58. The van der Waals surface area contributed by atoms with Crippen LogP contribution in [0.2, 0.25) is 0 Å². The van der Waals surface area contributed by atoms with Gasteiger partial charge in [-0.1, -0.05) is 0 Å². The largest absolute Gasteiger partial charge is 0.355 e. The van der Waals surface area contributed by atoms with Crippen molar-refractivity contribution in [2.45, 2.75) is 44.2 Å². The van der Waals surface area contributed by atoms with Crippen LogP contribution in [0.3, 0.4) is 0 Å². The Balaban J connectivity index is 1.79. The number of rotatable bonds is 2. The Morgan fingerprint density at radius 3 is 2.60 bits per heavy atom. The molecule has 2 saturated heterocycles. The number of piperidine rings is 1. The standard InChI is InChI=1S/C14H26N4O2/c1-17(2)14(20)18-9-6-11(7-10-18)16-12-5-3-4-8-15-13(12)19/h11-12,16H,3-10H2,1-2H3,(H,15,19). The molecule has 0 aromatic carbocycles. The van der Waals surface area contributed by atoms with Crippen LogP contribution >= 0.6 is 0 Å². The lowest BCUT2D eigenvalue weighted by Gasteiger charge is -2.35. The first-order valence-corrected chi connectivity index (χ1v) is 7.58. The van der Waals surface area contributed by atoms with Crippen LogP contribution < -0.4 is 10.6 Å². The third kappa shape index (κ3) is 3.85. The van der Waals surface area contributed by atoms with Crippen molar-refractivity contribution in [1.82, 2.24) is 20.4 Å². The van der Waals surface area contributed by atoms with E-state index < -0.39 is 0 Å². The van der Waals surface area contributed by atoms with Gasteiger partial charge in [-0.15, -0.1) is 0 Å². The maximum absolute atomic E-state index is 11.9. The van der Waals surface area contributed by atoms with E-state index in [1.807, 2.05) is 4.90 Å². The molecule has 2 fully saturated rings. The number of nitrogens with one attached hydrogen (secondary N) is 2. The van der Waals surface area contributed by atoms with Crippen LogP contribution in [0.5, 0.6) is 0 Å². The van der Waals surface area contributed by atoms with Crippen LogP contribution in [-0.2, 0) is 4.79 Å². The number of likely N-dealkylation sites (tertiary alicyclic amines) is 1. The number of hydrogen-bond acceptors (Lipinski definition) is 3. The second-order valence-electron chi connectivity index (χ2n) is 5.94. The molecular weight excluding hydrogens is 256 g/mol. The van der Waals surface area contributed by atoms with Crippen molar-refractivity contribution in [3.8, 4) is 0 Å². The monoisotopic (exact) mass is 282 g/mol. The molecule has 2 heterocycles. The Kier molecular flexibility index (Phi) is 5.23. The van der Waals surface area contributed by atoms with Gasteiger partial charge in [-0.3, -0.25) is 4.79 Å². The van der Waals surface area contributed by atoms with Gasteiger partial charge in [-0.05, 0) is 32.1 Å². The van der Waals surface area contributed by atoms with E-state index in [1.54, 1.807) is 19.0 Å². The summed E-state index contributed by atoms with van der Waals surface area (Å²) in [4.78, 5) is 27.3. The van der Waals surface area contributed by atoms with Gasteiger partial charge in [0.2, 0.25) is 5.91 Å². The SMILES string of the molecule is CN(C)C(=O)N1CCC(NC2CCCCNC2=O)CC1. The Labute approximate surface area is 120 Å². The number of urea groups is 1. The van der Waals surface area contributed by atoms with E-state index in [1.165, 1.54) is 0 Å². The smallest absolute Gasteiger partial charge is 0.319 e. The van der Waals surface area contributed by atoms with Crippen LogP contribution in [-0.4, -0.2) is 67.6 Å². The second-order valence-corrected chi connectivity index (χ2v) is 5.94. The third-order valence-corrected chi connectivity index (χ3v) is 4.12. The quantitative estimate of drug-likeness (QED) is 0.770. The molecule has 0 bridgehead atoms. The first-order valence-electron chi connectivity index (χ1n) is 7.58. The van der Waals surface area contributed by atoms with Crippen molar-refractivity contribution in [3.05, 3.63) is 0 Å². The normalized spacial score (nSPS) is 25.0. The van der Waals surface area contributed by atoms with E-state index in [9.17, 15) is 9.59 Å². The van der Waals surface area contributed by atoms with Crippen molar-refractivity contribution >= 4 is 11.9 Å². The molecule has 2 aliphatic rings. The van der Waals surface area contributed by atoms with Gasteiger partial charge in [0.1, 0.15) is 0 Å². The summed E-state index contributed by atoms with van der Waals surface area (Å²) in [5.74, 6) is 0.134. The van der Waals surface area contributed by atoms with Crippen molar-refractivity contribution in [3.63, 3.8) is 0 Å². The maximum atomic E-state index is 11.9. The molecule has 20 heavy (non-hydrogen) atoms. The summed E-state index contributed by atoms with van der Waals surface area (Å²) in [5, 5.41) is 6.43. The highest BCUT2D eigenvalue weighted by Crippen LogP contribution is 2.14. The van der Waals surface area contributed by atoms with Gasteiger partial charge in [0.25, 0.3) is 0 Å². The zero-order valence-corrected chi connectivity index (χ0v) is 12.5. The van der Waals surface area contributed by atoms with E-state index in [0.717, 1.165) is 51.7 Å². The fraction of sp³-hybridized carbons (Fsp3) is 0.857. The van der Waals surface area contributed by atoms with Crippen LogP contribution in [0.4, 0.5) is 4.79 Å². The van der Waals surface area contributed by atoms with E-state index in [0.29, 0.717) is 6.04 Å². The summed E-state index contributed by atoms with van der Waals surface area (Å²) < 4.78 is 0. The Hall–Kier alpha value is -1.30. The Morgan fingerprint density at radius 2 is 1.95 bits per heavy atom. The zero-order valence-electron chi connectivity index (χ0n) is 12.5. The Bertz CT molecular complexity index is 351. The van der Waals surface area contributed by atoms with E-state index in [2.05, 4.69) is 10.6 Å². The molecule has 1 unspecified atom stereocenters. The van der Waals surface area contributed by atoms with Gasteiger partial charge >= 0.3 is 6.03 Å². The van der Waals surface area contributed by atoms with Crippen molar-refractivity contribution in [2.24, 2.45) is 0 Å².